The molecule has 0 aromatic heterocycles. The van der Waals surface area contributed by atoms with E-state index >= 15 is 0 Å². The fourth-order valence-electron chi connectivity index (χ4n) is 2.55. The highest BCUT2D eigenvalue weighted by molar-refractivity contribution is 6.05. The van der Waals surface area contributed by atoms with Crippen LogP contribution >= 0.6 is 0 Å². The Labute approximate surface area is 132 Å². The predicted octanol–water partition coefficient (Wildman–Crippen LogP) is 3.57. The number of amides is 1. The van der Waals surface area contributed by atoms with Gasteiger partial charge in [0.05, 0.1) is 0 Å². The van der Waals surface area contributed by atoms with E-state index in [1.807, 2.05) is 37.4 Å². The standard InChI is InChI=1S/C19H24N2O/c1-4-15-13-17(10-9-14(15)2)21-19(22)18-8-6-5-7-16(18)11-12-20-3/h5-10,13,20H,4,11-12H2,1-3H3,(H,21,22). The third-order valence-corrected chi connectivity index (χ3v) is 3.89. The number of aryl methyl sites for hydroxylation is 2. The fraction of sp³-hybridized carbons (Fsp3) is 0.316. The van der Waals surface area contributed by atoms with Crippen LogP contribution in [0.1, 0.15) is 34.0 Å². The highest BCUT2D eigenvalue weighted by atomic mass is 16.1. The second kappa shape index (κ2) is 7.76. The maximum Gasteiger partial charge on any atom is 0.255 e. The van der Waals surface area contributed by atoms with Gasteiger partial charge in [0.1, 0.15) is 0 Å². The Balaban J connectivity index is 2.19. The van der Waals surface area contributed by atoms with Gasteiger partial charge in [0.2, 0.25) is 0 Å². The summed E-state index contributed by atoms with van der Waals surface area (Å²) in [6.45, 7) is 5.08. The van der Waals surface area contributed by atoms with Crippen LogP contribution < -0.4 is 10.6 Å². The molecule has 2 aromatic rings. The Morgan fingerprint density at radius 3 is 2.59 bits per heavy atom. The molecule has 0 radical (unpaired) electrons. The van der Waals surface area contributed by atoms with Crippen molar-refractivity contribution >= 4 is 11.6 Å². The van der Waals surface area contributed by atoms with Crippen LogP contribution in [0, 0.1) is 6.92 Å². The van der Waals surface area contributed by atoms with Crippen LogP contribution in [0.5, 0.6) is 0 Å². The Hall–Kier alpha value is -2.13. The molecule has 1 amide bonds. The van der Waals surface area contributed by atoms with Crippen molar-refractivity contribution in [2.24, 2.45) is 0 Å². The van der Waals surface area contributed by atoms with Gasteiger partial charge in [-0.1, -0.05) is 31.2 Å². The van der Waals surface area contributed by atoms with Crippen molar-refractivity contribution in [2.75, 3.05) is 18.9 Å². The third-order valence-electron chi connectivity index (χ3n) is 3.89. The first-order chi connectivity index (χ1) is 10.7. The monoisotopic (exact) mass is 296 g/mol. The minimum atomic E-state index is -0.0439. The average molecular weight is 296 g/mol. The number of likely N-dealkylation sites (N-methyl/N-ethyl adjacent to an activating group) is 1. The van der Waals surface area contributed by atoms with Crippen LogP contribution in [0.15, 0.2) is 42.5 Å². The molecule has 0 spiro atoms. The minimum Gasteiger partial charge on any atom is -0.322 e. The van der Waals surface area contributed by atoms with Gasteiger partial charge in [-0.15, -0.1) is 0 Å². The number of rotatable bonds is 6. The van der Waals surface area contributed by atoms with Crippen molar-refractivity contribution in [3.8, 4) is 0 Å². The number of carbonyl (C=O) groups is 1. The molecule has 0 bridgehead atoms. The van der Waals surface area contributed by atoms with Crippen molar-refractivity contribution in [1.82, 2.24) is 5.32 Å². The van der Waals surface area contributed by atoms with Crippen LogP contribution in [0.25, 0.3) is 0 Å². The number of nitrogens with one attached hydrogen (secondary N) is 2. The van der Waals surface area contributed by atoms with Crippen LogP contribution in [-0.2, 0) is 12.8 Å². The van der Waals surface area contributed by atoms with E-state index in [-0.39, 0.29) is 5.91 Å². The zero-order valence-electron chi connectivity index (χ0n) is 13.6. The lowest BCUT2D eigenvalue weighted by Gasteiger charge is -2.12. The summed E-state index contributed by atoms with van der Waals surface area (Å²) >= 11 is 0. The summed E-state index contributed by atoms with van der Waals surface area (Å²) in [5, 5.41) is 6.14. The highest BCUT2D eigenvalue weighted by Gasteiger charge is 2.11. The normalized spacial score (nSPS) is 10.5. The van der Waals surface area contributed by atoms with Gasteiger partial charge in [-0.2, -0.15) is 0 Å². The number of carbonyl (C=O) groups excluding carboxylic acids is 1. The van der Waals surface area contributed by atoms with E-state index in [1.165, 1.54) is 11.1 Å². The Bertz CT molecular complexity index is 650. The Morgan fingerprint density at radius 1 is 1.09 bits per heavy atom. The molecule has 0 aliphatic rings. The summed E-state index contributed by atoms with van der Waals surface area (Å²) in [5.41, 5.74) is 5.20. The van der Waals surface area contributed by atoms with Crippen LogP contribution in [0.3, 0.4) is 0 Å². The molecule has 0 aliphatic carbocycles. The maximum absolute atomic E-state index is 12.6. The van der Waals surface area contributed by atoms with Gasteiger partial charge < -0.3 is 10.6 Å². The lowest BCUT2D eigenvalue weighted by molar-refractivity contribution is 0.102. The van der Waals surface area contributed by atoms with Crippen molar-refractivity contribution in [1.29, 1.82) is 0 Å². The summed E-state index contributed by atoms with van der Waals surface area (Å²) in [5.74, 6) is -0.0439. The maximum atomic E-state index is 12.6. The molecule has 22 heavy (non-hydrogen) atoms. The molecule has 0 aliphatic heterocycles. The Kier molecular flexibility index (Phi) is 5.73. The lowest BCUT2D eigenvalue weighted by Crippen LogP contribution is -2.17. The minimum absolute atomic E-state index is 0.0439. The topological polar surface area (TPSA) is 41.1 Å². The summed E-state index contributed by atoms with van der Waals surface area (Å²) < 4.78 is 0. The molecule has 0 saturated carbocycles. The fourth-order valence-corrected chi connectivity index (χ4v) is 2.55. The summed E-state index contributed by atoms with van der Waals surface area (Å²) in [6.07, 6.45) is 1.81. The molecule has 0 atom stereocenters. The second-order valence-electron chi connectivity index (χ2n) is 5.46. The lowest BCUT2D eigenvalue weighted by atomic mass is 10.0. The summed E-state index contributed by atoms with van der Waals surface area (Å²) in [4.78, 5) is 12.6. The van der Waals surface area contributed by atoms with Gasteiger partial charge in [0.15, 0.2) is 0 Å². The number of anilines is 1. The largest absolute Gasteiger partial charge is 0.322 e. The second-order valence-corrected chi connectivity index (χ2v) is 5.46. The molecule has 0 unspecified atom stereocenters. The van der Waals surface area contributed by atoms with Gasteiger partial charge >= 0.3 is 0 Å². The van der Waals surface area contributed by atoms with Crippen LogP contribution in [-0.4, -0.2) is 19.5 Å². The van der Waals surface area contributed by atoms with Gasteiger partial charge in [-0.25, -0.2) is 0 Å². The molecule has 3 heteroatoms. The van der Waals surface area contributed by atoms with Crippen molar-refractivity contribution in [3.63, 3.8) is 0 Å². The molecule has 0 heterocycles. The van der Waals surface area contributed by atoms with E-state index in [0.717, 1.165) is 36.2 Å². The summed E-state index contributed by atoms with van der Waals surface area (Å²) in [7, 11) is 1.92. The van der Waals surface area contributed by atoms with Crippen molar-refractivity contribution in [3.05, 3.63) is 64.7 Å². The smallest absolute Gasteiger partial charge is 0.255 e. The molecule has 3 nitrogen and oxygen atoms in total. The van der Waals surface area contributed by atoms with Crippen LogP contribution in [0.2, 0.25) is 0 Å². The van der Waals surface area contributed by atoms with Gasteiger partial charge in [-0.05, 0) is 68.2 Å². The molecule has 2 N–H and O–H groups in total. The molecule has 0 saturated heterocycles. The van der Waals surface area contributed by atoms with Gasteiger partial charge in [-0.3, -0.25) is 4.79 Å². The third kappa shape index (κ3) is 3.95. The quantitative estimate of drug-likeness (QED) is 0.855. The average Bonchev–Trinajstić information content (AvgIpc) is 2.54. The molecule has 116 valence electrons. The predicted molar refractivity (Wildman–Crippen MR) is 92.6 cm³/mol. The number of benzene rings is 2. The van der Waals surface area contributed by atoms with Crippen LogP contribution in [0.4, 0.5) is 5.69 Å². The van der Waals surface area contributed by atoms with Crippen molar-refractivity contribution in [2.45, 2.75) is 26.7 Å². The van der Waals surface area contributed by atoms with E-state index < -0.39 is 0 Å². The first-order valence-corrected chi connectivity index (χ1v) is 7.79. The van der Waals surface area contributed by atoms with E-state index in [2.05, 4.69) is 36.6 Å². The van der Waals surface area contributed by atoms with E-state index in [0.29, 0.717) is 0 Å². The van der Waals surface area contributed by atoms with Gasteiger partial charge in [0, 0.05) is 11.3 Å². The molecular weight excluding hydrogens is 272 g/mol. The molecule has 2 rings (SSSR count). The molecule has 2 aromatic carbocycles. The Morgan fingerprint density at radius 2 is 1.86 bits per heavy atom. The summed E-state index contributed by atoms with van der Waals surface area (Å²) in [6, 6.07) is 13.9. The zero-order chi connectivity index (χ0) is 15.9. The van der Waals surface area contributed by atoms with E-state index in [9.17, 15) is 4.79 Å². The molecular formula is C19H24N2O. The first-order valence-electron chi connectivity index (χ1n) is 7.79. The van der Waals surface area contributed by atoms with E-state index in [4.69, 9.17) is 0 Å². The van der Waals surface area contributed by atoms with Gasteiger partial charge in [0.25, 0.3) is 5.91 Å². The molecule has 0 fully saturated rings. The highest BCUT2D eigenvalue weighted by Crippen LogP contribution is 2.18. The number of hydrogen-bond acceptors (Lipinski definition) is 2. The number of hydrogen-bond donors (Lipinski definition) is 2. The first kappa shape index (κ1) is 16.2. The van der Waals surface area contributed by atoms with E-state index in [1.54, 1.807) is 0 Å². The van der Waals surface area contributed by atoms with Crippen molar-refractivity contribution < 1.29 is 4.79 Å². The zero-order valence-corrected chi connectivity index (χ0v) is 13.6. The SMILES string of the molecule is CCc1cc(NC(=O)c2ccccc2CCNC)ccc1C.